The van der Waals surface area contributed by atoms with Crippen LogP contribution in [-0.2, 0) is 9.47 Å². The Balaban J connectivity index is 1.99. The van der Waals surface area contributed by atoms with E-state index < -0.39 is 0 Å². The number of rotatable bonds is 5. The molecule has 0 spiro atoms. The summed E-state index contributed by atoms with van der Waals surface area (Å²) in [6.45, 7) is 5.71. The van der Waals surface area contributed by atoms with Crippen molar-refractivity contribution in [3.8, 4) is 0 Å². The van der Waals surface area contributed by atoms with Gasteiger partial charge < -0.3 is 15.2 Å². The maximum Gasteiger partial charge on any atom is 0.174 e. The van der Waals surface area contributed by atoms with Crippen LogP contribution in [0.15, 0.2) is 34.3 Å². The van der Waals surface area contributed by atoms with Gasteiger partial charge in [-0.3, -0.25) is 9.89 Å². The highest BCUT2D eigenvalue weighted by molar-refractivity contribution is 6.47. The first-order chi connectivity index (χ1) is 10.3. The zero-order chi connectivity index (χ0) is 14.8. The van der Waals surface area contributed by atoms with Crippen molar-refractivity contribution in [3.63, 3.8) is 0 Å². The fourth-order valence-electron chi connectivity index (χ4n) is 2.67. The van der Waals surface area contributed by atoms with E-state index in [4.69, 9.17) is 15.2 Å². The molecule has 2 heterocycles. The van der Waals surface area contributed by atoms with Crippen molar-refractivity contribution in [2.75, 3.05) is 24.7 Å². The predicted octanol–water partition coefficient (Wildman–Crippen LogP) is 1.68. The first-order valence-corrected chi connectivity index (χ1v) is 7.26. The van der Waals surface area contributed by atoms with Gasteiger partial charge in [-0.15, -0.1) is 0 Å². The van der Waals surface area contributed by atoms with Gasteiger partial charge in [0.15, 0.2) is 17.9 Å². The molecular formula is C15H20N4O2. The van der Waals surface area contributed by atoms with E-state index in [-0.39, 0.29) is 12.3 Å². The highest BCUT2D eigenvalue weighted by Crippen LogP contribution is 2.37. The van der Waals surface area contributed by atoms with Crippen molar-refractivity contribution in [2.45, 2.75) is 26.1 Å². The molecule has 0 saturated carbocycles. The monoisotopic (exact) mass is 288 g/mol. The molecule has 2 unspecified atom stereocenters. The summed E-state index contributed by atoms with van der Waals surface area (Å²) >= 11 is 0. The van der Waals surface area contributed by atoms with Gasteiger partial charge in [0.25, 0.3) is 0 Å². The molecule has 21 heavy (non-hydrogen) atoms. The van der Waals surface area contributed by atoms with Crippen LogP contribution in [0.2, 0.25) is 0 Å². The molecule has 0 aromatic heterocycles. The van der Waals surface area contributed by atoms with E-state index in [9.17, 15) is 0 Å². The SMILES string of the molecule is CCOCC1N=C2C(N)=Nc3ccccc3N2C1OCC. The Hall–Kier alpha value is -1.92. The van der Waals surface area contributed by atoms with Gasteiger partial charge in [-0.2, -0.15) is 0 Å². The molecule has 2 aliphatic rings. The second-order valence-electron chi connectivity index (χ2n) is 4.88. The van der Waals surface area contributed by atoms with E-state index in [0.717, 1.165) is 11.4 Å². The van der Waals surface area contributed by atoms with Crippen LogP contribution in [0.1, 0.15) is 13.8 Å². The molecule has 6 heteroatoms. The van der Waals surface area contributed by atoms with Crippen molar-refractivity contribution in [1.82, 2.24) is 0 Å². The zero-order valence-electron chi connectivity index (χ0n) is 12.3. The third-order valence-electron chi connectivity index (χ3n) is 3.54. The summed E-state index contributed by atoms with van der Waals surface area (Å²) in [7, 11) is 0. The summed E-state index contributed by atoms with van der Waals surface area (Å²) < 4.78 is 11.4. The Bertz CT molecular complexity index is 585. The molecule has 0 saturated heterocycles. The number of nitrogens with two attached hydrogens (primary N) is 1. The third-order valence-corrected chi connectivity index (χ3v) is 3.54. The Morgan fingerprint density at radius 2 is 2.05 bits per heavy atom. The summed E-state index contributed by atoms with van der Waals surface area (Å²) in [4.78, 5) is 11.1. The van der Waals surface area contributed by atoms with Crippen LogP contribution in [-0.4, -0.2) is 43.8 Å². The van der Waals surface area contributed by atoms with Crippen LogP contribution in [0.25, 0.3) is 0 Å². The van der Waals surface area contributed by atoms with Gasteiger partial charge in [-0.05, 0) is 26.0 Å². The number of nitrogens with zero attached hydrogens (tertiary/aromatic N) is 3. The fraction of sp³-hybridized carbons (Fsp3) is 0.467. The molecule has 1 aromatic rings. The highest BCUT2D eigenvalue weighted by Gasteiger charge is 2.41. The summed E-state index contributed by atoms with van der Waals surface area (Å²) in [5.74, 6) is 1.11. The number of hydrogen-bond donors (Lipinski definition) is 1. The Morgan fingerprint density at radius 1 is 1.24 bits per heavy atom. The molecule has 3 rings (SSSR count). The molecular weight excluding hydrogens is 268 g/mol. The molecule has 6 nitrogen and oxygen atoms in total. The average Bonchev–Trinajstić information content (AvgIpc) is 2.85. The minimum Gasteiger partial charge on any atom is -0.381 e. The Kier molecular flexibility index (Phi) is 3.90. The van der Waals surface area contributed by atoms with Crippen molar-refractivity contribution >= 4 is 23.0 Å². The van der Waals surface area contributed by atoms with Gasteiger partial charge in [0.05, 0.1) is 18.0 Å². The maximum atomic E-state index is 6.07. The fourth-order valence-corrected chi connectivity index (χ4v) is 2.67. The quantitative estimate of drug-likeness (QED) is 0.894. The first-order valence-electron chi connectivity index (χ1n) is 7.26. The van der Waals surface area contributed by atoms with E-state index in [0.29, 0.717) is 31.5 Å². The number of fused-ring (bicyclic) bond motifs is 3. The standard InChI is InChI=1S/C15H20N4O2/c1-3-20-9-11-15(21-4-2)19-12-8-6-5-7-10(12)17-13(16)14(19)18-11/h5-8,11,15H,3-4,9H2,1-2H3,(H2,16,17). The number of ether oxygens (including phenoxy) is 2. The van der Waals surface area contributed by atoms with Crippen molar-refractivity contribution in [1.29, 1.82) is 0 Å². The van der Waals surface area contributed by atoms with Gasteiger partial charge in [0.1, 0.15) is 6.04 Å². The molecule has 2 aliphatic heterocycles. The van der Waals surface area contributed by atoms with Gasteiger partial charge in [-0.1, -0.05) is 12.1 Å². The van der Waals surface area contributed by atoms with Crippen LogP contribution in [0.3, 0.4) is 0 Å². The number of anilines is 1. The molecule has 0 aliphatic carbocycles. The lowest BCUT2D eigenvalue weighted by atomic mass is 10.2. The van der Waals surface area contributed by atoms with Gasteiger partial charge in [0, 0.05) is 13.2 Å². The summed E-state index contributed by atoms with van der Waals surface area (Å²) in [6, 6.07) is 7.78. The van der Waals surface area contributed by atoms with Crippen LogP contribution in [0.5, 0.6) is 0 Å². The molecule has 0 amide bonds. The van der Waals surface area contributed by atoms with Crippen molar-refractivity contribution in [2.24, 2.45) is 15.7 Å². The maximum absolute atomic E-state index is 6.07. The second kappa shape index (κ2) is 5.83. The van der Waals surface area contributed by atoms with Gasteiger partial charge in [0.2, 0.25) is 0 Å². The lowest BCUT2D eigenvalue weighted by Gasteiger charge is -2.32. The minimum absolute atomic E-state index is 0.0974. The van der Waals surface area contributed by atoms with Gasteiger partial charge >= 0.3 is 0 Å². The second-order valence-corrected chi connectivity index (χ2v) is 4.88. The number of para-hydroxylation sites is 2. The molecule has 0 fully saturated rings. The lowest BCUT2D eigenvalue weighted by molar-refractivity contribution is 0.0267. The smallest absolute Gasteiger partial charge is 0.174 e. The number of aliphatic imine (C=N–C) groups is 2. The van der Waals surface area contributed by atoms with Crippen LogP contribution in [0.4, 0.5) is 11.4 Å². The molecule has 2 N–H and O–H groups in total. The summed E-state index contributed by atoms with van der Waals surface area (Å²) in [6.07, 6.45) is -0.202. The van der Waals surface area contributed by atoms with E-state index >= 15 is 0 Å². The van der Waals surface area contributed by atoms with E-state index in [1.807, 2.05) is 43.0 Å². The normalized spacial score (nSPS) is 23.4. The average molecular weight is 288 g/mol. The Labute approximate surface area is 124 Å². The first kappa shape index (κ1) is 14.0. The summed E-state index contributed by atoms with van der Waals surface area (Å²) in [5.41, 5.74) is 7.88. The van der Waals surface area contributed by atoms with Crippen LogP contribution < -0.4 is 10.6 Å². The third kappa shape index (κ3) is 2.41. The largest absolute Gasteiger partial charge is 0.381 e. The number of amidine groups is 2. The topological polar surface area (TPSA) is 72.4 Å². The van der Waals surface area contributed by atoms with Crippen LogP contribution in [0, 0.1) is 0 Å². The zero-order valence-corrected chi connectivity index (χ0v) is 12.3. The van der Waals surface area contributed by atoms with E-state index in [1.165, 1.54) is 0 Å². The van der Waals surface area contributed by atoms with Crippen LogP contribution >= 0.6 is 0 Å². The minimum atomic E-state index is -0.202. The van der Waals surface area contributed by atoms with E-state index in [1.54, 1.807) is 0 Å². The molecule has 112 valence electrons. The van der Waals surface area contributed by atoms with Gasteiger partial charge in [-0.25, -0.2) is 4.99 Å². The predicted molar refractivity (Wildman–Crippen MR) is 83.3 cm³/mol. The molecule has 0 radical (unpaired) electrons. The van der Waals surface area contributed by atoms with Crippen molar-refractivity contribution < 1.29 is 9.47 Å². The number of benzene rings is 1. The summed E-state index contributed by atoms with van der Waals surface area (Å²) in [5, 5.41) is 0. The molecule has 1 aromatic carbocycles. The number of hydrogen-bond acceptors (Lipinski definition) is 6. The highest BCUT2D eigenvalue weighted by atomic mass is 16.5. The Morgan fingerprint density at radius 3 is 2.81 bits per heavy atom. The molecule has 0 bridgehead atoms. The lowest BCUT2D eigenvalue weighted by Crippen LogP contribution is -2.48. The van der Waals surface area contributed by atoms with Crippen molar-refractivity contribution in [3.05, 3.63) is 24.3 Å². The van der Waals surface area contributed by atoms with E-state index in [2.05, 4.69) is 9.98 Å². The molecule has 2 atom stereocenters.